The summed E-state index contributed by atoms with van der Waals surface area (Å²) in [7, 11) is 0. The second-order valence-corrected chi connectivity index (χ2v) is 10.3. The van der Waals surface area contributed by atoms with Gasteiger partial charge in [0.2, 0.25) is 0 Å². The Hall–Kier alpha value is 1.83. The summed E-state index contributed by atoms with van der Waals surface area (Å²) in [6, 6.07) is 0. The zero-order chi connectivity index (χ0) is 20.5. The second kappa shape index (κ2) is 20.4. The molecule has 0 aliphatic carbocycles. The van der Waals surface area contributed by atoms with Crippen molar-refractivity contribution in [3.05, 3.63) is 12.2 Å². The molecule has 1 aliphatic rings. The van der Waals surface area contributed by atoms with E-state index in [-0.39, 0.29) is 70.4 Å². The molecule has 2 atom stereocenters. The first-order valence-corrected chi connectivity index (χ1v) is 13.8. The van der Waals surface area contributed by atoms with Gasteiger partial charge in [-0.05, 0) is 50.3 Å². The Morgan fingerprint density at radius 3 is 2.07 bits per heavy atom. The number of hydrogen-bond acceptors (Lipinski definition) is 4. The molecular formula is C21H41KO5PS+. The summed E-state index contributed by atoms with van der Waals surface area (Å²) in [6.07, 6.45) is 21.9. The minimum absolute atomic E-state index is 0. The van der Waals surface area contributed by atoms with Crippen LogP contribution in [0.25, 0.3) is 0 Å². The fourth-order valence-corrected chi connectivity index (χ4v) is 3.85. The Bertz CT molecular complexity index is 447. The molecule has 0 saturated carbocycles. The molecule has 5 nitrogen and oxygen atoms in total. The van der Waals surface area contributed by atoms with Gasteiger partial charge in [0.25, 0.3) is 0 Å². The molecule has 0 bridgehead atoms. The van der Waals surface area contributed by atoms with Crippen LogP contribution in [-0.2, 0) is 25.8 Å². The maximum atomic E-state index is 9.06. The molecule has 0 unspecified atom stereocenters. The quantitative estimate of drug-likeness (QED) is 0.138. The van der Waals surface area contributed by atoms with Crippen LogP contribution < -0.4 is 51.4 Å². The van der Waals surface area contributed by atoms with Gasteiger partial charge in [-0.2, -0.15) is 0 Å². The van der Waals surface area contributed by atoms with Gasteiger partial charge in [0.15, 0.2) is 6.29 Å². The molecule has 8 heteroatoms. The predicted octanol–water partition coefficient (Wildman–Crippen LogP) is 3.00. The number of ether oxygens (including phenoxy) is 2. The average Bonchev–Trinajstić information content (AvgIpc) is 3.10. The molecule has 0 radical (unpaired) electrons. The van der Waals surface area contributed by atoms with E-state index in [4.69, 9.17) is 23.8 Å². The van der Waals surface area contributed by atoms with E-state index >= 15 is 0 Å². The molecule has 166 valence electrons. The number of rotatable bonds is 18. The van der Waals surface area contributed by atoms with Crippen molar-refractivity contribution < 1.29 is 75.2 Å². The minimum atomic E-state index is -3.60. The van der Waals surface area contributed by atoms with Gasteiger partial charge in [0.05, 0.1) is 13.2 Å². The number of hydrogen-bond donors (Lipinski definition) is 2. The van der Waals surface area contributed by atoms with Gasteiger partial charge in [-0.3, -0.25) is 0 Å². The zero-order valence-electron chi connectivity index (χ0n) is 18.6. The average molecular weight is 476 g/mol. The first-order valence-electron chi connectivity index (χ1n) is 11.1. The van der Waals surface area contributed by atoms with Crippen LogP contribution in [0.3, 0.4) is 0 Å². The van der Waals surface area contributed by atoms with E-state index in [1.807, 2.05) is 0 Å². The van der Waals surface area contributed by atoms with E-state index in [1.54, 1.807) is 0 Å². The molecule has 1 aliphatic heterocycles. The maximum Gasteiger partial charge on any atom is 1.00 e. The molecule has 29 heavy (non-hydrogen) atoms. The van der Waals surface area contributed by atoms with Gasteiger partial charge >= 0.3 is 58.1 Å². The molecule has 2 N–H and O–H groups in total. The van der Waals surface area contributed by atoms with E-state index in [1.165, 1.54) is 77.0 Å². The zero-order valence-corrected chi connectivity index (χ0v) is 23.4. The molecule has 1 saturated heterocycles. The first-order chi connectivity index (χ1) is 13.5. The van der Waals surface area contributed by atoms with E-state index < -0.39 is 6.72 Å². The van der Waals surface area contributed by atoms with Crippen LogP contribution in [0.15, 0.2) is 12.2 Å². The van der Waals surface area contributed by atoms with Crippen molar-refractivity contribution in [2.75, 3.05) is 13.2 Å². The predicted molar refractivity (Wildman–Crippen MR) is 119 cm³/mol. The first kappa shape index (κ1) is 30.8. The molecular weight excluding hydrogens is 434 g/mol. The Morgan fingerprint density at radius 2 is 1.48 bits per heavy atom. The molecule has 1 fully saturated rings. The van der Waals surface area contributed by atoms with Crippen LogP contribution in [0, 0.1) is 0 Å². The number of unbranched alkanes of at least 4 members (excludes halogenated alkanes) is 11. The summed E-state index contributed by atoms with van der Waals surface area (Å²) in [4.78, 5) is 18.1. The van der Waals surface area contributed by atoms with Gasteiger partial charge in [-0.1, -0.05) is 70.4 Å². The van der Waals surface area contributed by atoms with Crippen LogP contribution in [-0.4, -0.2) is 35.4 Å². The van der Waals surface area contributed by atoms with Crippen molar-refractivity contribution >= 4 is 18.5 Å². The van der Waals surface area contributed by atoms with E-state index in [0.717, 1.165) is 12.8 Å². The van der Waals surface area contributed by atoms with E-state index in [2.05, 4.69) is 30.9 Å². The van der Waals surface area contributed by atoms with E-state index in [0.29, 0.717) is 6.61 Å². The Balaban J connectivity index is 0.00000784. The van der Waals surface area contributed by atoms with Crippen LogP contribution in [0.5, 0.6) is 0 Å². The van der Waals surface area contributed by atoms with Gasteiger partial charge in [0, 0.05) is 0 Å². The largest absolute Gasteiger partial charge is 1.00 e. The monoisotopic (exact) mass is 475 g/mol. The Kier molecular flexibility index (Phi) is 21.7. The standard InChI is InChI=1S/C21H41O5PS.K/c1-2-3-4-5-6-7-8-9-10-11-12-13-14-15-16-17-21-24-18-20(26-21)19-25-27(22,23)28;/h8-9,20-21H,2-7,10-19H2,1H3,(H2,22,23,28);/q;+1/b9-8+;/t20-,21+;/m0./s1. The fourth-order valence-electron chi connectivity index (χ4n) is 3.31. The molecule has 0 aromatic rings. The van der Waals surface area contributed by atoms with Crippen molar-refractivity contribution in [1.29, 1.82) is 0 Å². The van der Waals surface area contributed by atoms with Gasteiger partial charge in [0.1, 0.15) is 6.10 Å². The van der Waals surface area contributed by atoms with Crippen molar-refractivity contribution in [3.63, 3.8) is 0 Å². The SMILES string of the molecule is CCCCCCC/C=C/CCCCCCCC[C@@H]1OC[C@@H](COP(O)(O)=S)O1.[K+]. The fraction of sp³-hybridized carbons (Fsp3) is 0.905. The van der Waals surface area contributed by atoms with Gasteiger partial charge in [-0.15, -0.1) is 0 Å². The van der Waals surface area contributed by atoms with Gasteiger partial charge < -0.3 is 23.8 Å². The molecule has 0 aromatic carbocycles. The van der Waals surface area contributed by atoms with Crippen molar-refractivity contribution in [2.24, 2.45) is 0 Å². The minimum Gasteiger partial charge on any atom is -0.350 e. The maximum absolute atomic E-state index is 9.06. The summed E-state index contributed by atoms with van der Waals surface area (Å²) < 4.78 is 16.0. The Labute approximate surface area is 226 Å². The second-order valence-electron chi connectivity index (χ2n) is 7.68. The third-order valence-corrected chi connectivity index (χ3v) is 5.74. The summed E-state index contributed by atoms with van der Waals surface area (Å²) >= 11 is 4.42. The van der Waals surface area contributed by atoms with Crippen molar-refractivity contribution in [2.45, 2.75) is 109 Å². The number of allylic oxidation sites excluding steroid dienone is 2. The van der Waals surface area contributed by atoms with Crippen LogP contribution >= 0.6 is 6.72 Å². The van der Waals surface area contributed by atoms with Crippen LogP contribution in [0.1, 0.15) is 96.8 Å². The molecule has 0 aromatic heterocycles. The topological polar surface area (TPSA) is 68.2 Å². The third-order valence-electron chi connectivity index (χ3n) is 4.94. The van der Waals surface area contributed by atoms with Crippen LogP contribution in [0.4, 0.5) is 0 Å². The smallest absolute Gasteiger partial charge is 0.350 e. The Morgan fingerprint density at radius 1 is 0.931 bits per heavy atom. The normalized spacial score (nSPS) is 19.7. The molecule has 0 amide bonds. The van der Waals surface area contributed by atoms with Crippen LogP contribution in [0.2, 0.25) is 0 Å². The molecule has 1 heterocycles. The van der Waals surface area contributed by atoms with Crippen molar-refractivity contribution in [3.8, 4) is 0 Å². The van der Waals surface area contributed by atoms with Crippen molar-refractivity contribution in [1.82, 2.24) is 0 Å². The molecule has 1 rings (SSSR count). The third kappa shape index (κ3) is 20.2. The summed E-state index contributed by atoms with van der Waals surface area (Å²) in [5.74, 6) is 0. The summed E-state index contributed by atoms with van der Waals surface area (Å²) in [5.41, 5.74) is 0. The summed E-state index contributed by atoms with van der Waals surface area (Å²) in [5, 5.41) is 0. The summed E-state index contributed by atoms with van der Waals surface area (Å²) in [6.45, 7) is -0.838. The van der Waals surface area contributed by atoms with Gasteiger partial charge in [-0.25, -0.2) is 0 Å². The molecule has 0 spiro atoms. The van der Waals surface area contributed by atoms with E-state index in [9.17, 15) is 0 Å².